The minimum atomic E-state index is -3.85. The van der Waals surface area contributed by atoms with Crippen LogP contribution in [0.4, 0.5) is 0 Å². The van der Waals surface area contributed by atoms with E-state index in [2.05, 4.69) is 6.92 Å². The Kier molecular flexibility index (Phi) is 7.42. The molecule has 1 aliphatic heterocycles. The largest absolute Gasteiger partial charge is 0.705 e. The number of rotatable bonds is 8. The smallest absolute Gasteiger partial charge is 0.462 e. The van der Waals surface area contributed by atoms with Crippen LogP contribution in [0.1, 0.15) is 58.6 Å². The van der Waals surface area contributed by atoms with Gasteiger partial charge in [0, 0.05) is 39.7 Å². The summed E-state index contributed by atoms with van der Waals surface area (Å²) in [5, 5.41) is 0. The highest BCUT2D eigenvalue weighted by Crippen LogP contribution is 2.34. The fraction of sp³-hybridized carbons (Fsp3) is 0.550. The van der Waals surface area contributed by atoms with E-state index >= 15 is 0 Å². The molecule has 29 heavy (non-hydrogen) atoms. The number of carbonyl (C=O) groups is 3. The monoisotopic (exact) mass is 424 g/mol. The van der Waals surface area contributed by atoms with Gasteiger partial charge in [-0.25, -0.2) is 0 Å². The molecular weight excluding hydrogens is 396 g/mol. The fourth-order valence-electron chi connectivity index (χ4n) is 3.24. The lowest BCUT2D eigenvalue weighted by Gasteiger charge is -2.35. The normalized spacial score (nSPS) is 18.2. The summed E-state index contributed by atoms with van der Waals surface area (Å²) in [6.07, 6.45) is 2.11. The second-order valence-corrected chi connectivity index (χ2v) is 9.66. The molecule has 1 aromatic rings. The molecule has 0 saturated heterocycles. The molecule has 0 N–H and O–H groups in total. The Hall–Kier alpha value is -2.39. The van der Waals surface area contributed by atoms with Gasteiger partial charge < -0.3 is 22.8 Å². The fourth-order valence-corrected chi connectivity index (χ4v) is 5.58. The van der Waals surface area contributed by atoms with E-state index in [9.17, 15) is 14.4 Å². The molecule has 160 valence electrons. The molecular formula is C20H28O8Si. The van der Waals surface area contributed by atoms with Crippen molar-refractivity contribution in [1.29, 1.82) is 0 Å². The van der Waals surface area contributed by atoms with Crippen molar-refractivity contribution in [3.63, 3.8) is 0 Å². The van der Waals surface area contributed by atoms with Gasteiger partial charge in [-0.3, -0.25) is 14.4 Å². The van der Waals surface area contributed by atoms with Crippen LogP contribution in [0.5, 0.6) is 5.75 Å². The summed E-state index contributed by atoms with van der Waals surface area (Å²) in [5.41, 5.74) is 1.79. The average molecular weight is 425 g/mol. The highest BCUT2D eigenvalue weighted by atomic mass is 28.4. The maximum absolute atomic E-state index is 11.5. The molecule has 0 spiro atoms. The van der Waals surface area contributed by atoms with E-state index in [1.54, 1.807) is 0 Å². The Morgan fingerprint density at radius 2 is 1.66 bits per heavy atom. The van der Waals surface area contributed by atoms with Crippen LogP contribution in [0.2, 0.25) is 6.04 Å². The van der Waals surface area contributed by atoms with E-state index in [4.69, 9.17) is 22.8 Å². The first-order chi connectivity index (χ1) is 13.6. The number of aryl methyl sites for hydroxylation is 1. The predicted octanol–water partition coefficient (Wildman–Crippen LogP) is 3.28. The number of fused-ring (bicyclic) bond motifs is 1. The third-order valence-corrected chi connectivity index (χ3v) is 6.96. The zero-order valence-corrected chi connectivity index (χ0v) is 18.5. The molecule has 8 nitrogen and oxygen atoms in total. The Labute approximate surface area is 171 Å². The first kappa shape index (κ1) is 22.9. The van der Waals surface area contributed by atoms with Gasteiger partial charge >= 0.3 is 8.80 Å². The van der Waals surface area contributed by atoms with Crippen LogP contribution in [0, 0.1) is 0 Å². The van der Waals surface area contributed by atoms with Crippen LogP contribution in [0.15, 0.2) is 18.2 Å². The van der Waals surface area contributed by atoms with Gasteiger partial charge in [-0.2, -0.15) is 0 Å². The van der Waals surface area contributed by atoms with Gasteiger partial charge in [0.05, 0.1) is 12.7 Å². The van der Waals surface area contributed by atoms with Crippen molar-refractivity contribution in [2.75, 3.05) is 0 Å². The number of hydrogen-bond donors (Lipinski definition) is 0. The van der Waals surface area contributed by atoms with Crippen LogP contribution in [-0.4, -0.2) is 32.5 Å². The van der Waals surface area contributed by atoms with Crippen molar-refractivity contribution >= 4 is 26.7 Å². The van der Waals surface area contributed by atoms with Crippen LogP contribution in [0.25, 0.3) is 0 Å². The van der Waals surface area contributed by atoms with Gasteiger partial charge in [0.1, 0.15) is 5.75 Å². The summed E-state index contributed by atoms with van der Waals surface area (Å²) in [5.74, 6) is -1.91. The van der Waals surface area contributed by atoms with E-state index in [0.29, 0.717) is 13.0 Å². The highest BCUT2D eigenvalue weighted by molar-refractivity contribution is 6.65. The van der Waals surface area contributed by atoms with Crippen molar-refractivity contribution in [3.05, 3.63) is 29.3 Å². The lowest BCUT2D eigenvalue weighted by molar-refractivity contribution is -0.197. The van der Waals surface area contributed by atoms with E-state index in [1.165, 1.54) is 20.8 Å². The van der Waals surface area contributed by atoms with E-state index < -0.39 is 32.5 Å². The van der Waals surface area contributed by atoms with Crippen molar-refractivity contribution < 1.29 is 37.1 Å². The molecule has 9 heteroatoms. The number of carbonyl (C=O) groups excluding carboxylic acids is 3. The Balaban J connectivity index is 2.17. The second-order valence-electron chi connectivity index (χ2n) is 7.18. The summed E-state index contributed by atoms with van der Waals surface area (Å²) >= 11 is 0. The average Bonchev–Trinajstić information content (AvgIpc) is 2.58. The molecule has 0 aliphatic carbocycles. The summed E-state index contributed by atoms with van der Waals surface area (Å²) in [6.45, 7) is 7.94. The van der Waals surface area contributed by atoms with Crippen molar-refractivity contribution in [2.45, 2.75) is 72.3 Å². The highest BCUT2D eigenvalue weighted by Gasteiger charge is 2.51. The predicted molar refractivity (Wildman–Crippen MR) is 105 cm³/mol. The van der Waals surface area contributed by atoms with E-state index in [0.717, 1.165) is 29.7 Å². The molecule has 0 amide bonds. The Morgan fingerprint density at radius 1 is 1.07 bits per heavy atom. The molecule has 0 bridgehead atoms. The molecule has 0 radical (unpaired) electrons. The second kappa shape index (κ2) is 9.40. The van der Waals surface area contributed by atoms with E-state index in [1.807, 2.05) is 25.1 Å². The first-order valence-electron chi connectivity index (χ1n) is 9.60. The Bertz CT molecular complexity index is 737. The third kappa shape index (κ3) is 6.57. The van der Waals surface area contributed by atoms with Gasteiger partial charge in [0.15, 0.2) is 0 Å². The van der Waals surface area contributed by atoms with Crippen LogP contribution < -0.4 is 4.74 Å². The van der Waals surface area contributed by atoms with Gasteiger partial charge in [-0.05, 0) is 30.5 Å². The molecule has 0 saturated carbocycles. The molecule has 1 atom stereocenters. The minimum absolute atomic E-state index is 0.0831. The molecule has 2 rings (SSSR count). The zero-order chi connectivity index (χ0) is 21.7. The van der Waals surface area contributed by atoms with Gasteiger partial charge in [0.2, 0.25) is 5.79 Å². The van der Waals surface area contributed by atoms with Crippen molar-refractivity contribution in [1.82, 2.24) is 0 Å². The zero-order valence-electron chi connectivity index (χ0n) is 17.5. The van der Waals surface area contributed by atoms with Gasteiger partial charge in [-0.15, -0.1) is 0 Å². The summed E-state index contributed by atoms with van der Waals surface area (Å²) in [4.78, 5) is 34.6. The summed E-state index contributed by atoms with van der Waals surface area (Å²) < 4.78 is 27.5. The lowest BCUT2D eigenvalue weighted by atomic mass is 10.1. The molecule has 0 fully saturated rings. The SMILES string of the molecule is CCCC1(C)OCc2cc(CC[Si](OC(C)=O)(OC(C)=O)OC(C)=O)ccc2O1. The van der Waals surface area contributed by atoms with Crippen molar-refractivity contribution in [3.8, 4) is 5.75 Å². The van der Waals surface area contributed by atoms with Gasteiger partial charge in [-0.1, -0.05) is 13.0 Å². The molecule has 1 aliphatic rings. The minimum Gasteiger partial charge on any atom is -0.462 e. The molecule has 0 aromatic heterocycles. The van der Waals surface area contributed by atoms with Crippen LogP contribution in [0.3, 0.4) is 0 Å². The standard InChI is InChI=1S/C20H28O8Si/c1-6-10-20(5)24-13-18-12-17(7-8-19(18)25-20)9-11-29(26-14(2)21,27-15(3)22)28-16(4)23/h7-8,12H,6,9-11,13H2,1-5H3. The quantitative estimate of drug-likeness (QED) is 0.587. The summed E-state index contributed by atoms with van der Waals surface area (Å²) in [6, 6.07) is 5.76. The molecule has 1 unspecified atom stereocenters. The maximum Gasteiger partial charge on any atom is 0.705 e. The molecule has 1 heterocycles. The molecule has 1 aromatic carbocycles. The number of ether oxygens (including phenoxy) is 2. The number of hydrogen-bond acceptors (Lipinski definition) is 8. The van der Waals surface area contributed by atoms with Gasteiger partial charge in [0.25, 0.3) is 17.9 Å². The van der Waals surface area contributed by atoms with E-state index in [-0.39, 0.29) is 6.04 Å². The third-order valence-electron chi connectivity index (χ3n) is 4.31. The first-order valence-corrected chi connectivity index (χ1v) is 11.5. The summed E-state index contributed by atoms with van der Waals surface area (Å²) in [7, 11) is -3.85. The van der Waals surface area contributed by atoms with Crippen LogP contribution >= 0.6 is 0 Å². The number of benzene rings is 1. The maximum atomic E-state index is 11.5. The lowest BCUT2D eigenvalue weighted by Crippen LogP contribution is -2.49. The van der Waals surface area contributed by atoms with Crippen LogP contribution in [-0.2, 0) is 45.4 Å². The topological polar surface area (TPSA) is 97.4 Å². The van der Waals surface area contributed by atoms with Crippen molar-refractivity contribution in [2.24, 2.45) is 0 Å². The Morgan fingerprint density at radius 3 is 2.17 bits per heavy atom.